The molecule has 0 aliphatic rings. The maximum absolute atomic E-state index is 9.76. The smallest absolute Gasteiger partial charge is 0.174 e. The molecule has 0 atom stereocenters. The summed E-state index contributed by atoms with van der Waals surface area (Å²) in [5.74, 6) is 0.712. The SMILES string of the molecule is N#CC(=Cc1ccc2noc(-c3ccccc3)c2c1)c1nc(-c2ccc(Cl)cc2)cs1. The van der Waals surface area contributed by atoms with Gasteiger partial charge in [-0.2, -0.15) is 5.26 Å². The van der Waals surface area contributed by atoms with Crippen molar-refractivity contribution in [2.45, 2.75) is 0 Å². The largest absolute Gasteiger partial charge is 0.355 e. The van der Waals surface area contributed by atoms with Crippen LogP contribution in [0.25, 0.3) is 45.1 Å². The molecule has 2 aromatic heterocycles. The van der Waals surface area contributed by atoms with E-state index in [2.05, 4.69) is 16.2 Å². The fourth-order valence-electron chi connectivity index (χ4n) is 3.31. The lowest BCUT2D eigenvalue weighted by Crippen LogP contribution is -1.83. The average Bonchev–Trinajstić information content (AvgIpc) is 3.46. The maximum Gasteiger partial charge on any atom is 0.174 e. The first kappa shape index (κ1) is 19.3. The molecule has 5 rings (SSSR count). The number of allylic oxidation sites excluding steroid dienone is 1. The second kappa shape index (κ2) is 8.19. The zero-order valence-electron chi connectivity index (χ0n) is 16.1. The molecule has 0 amide bonds. The van der Waals surface area contributed by atoms with Gasteiger partial charge in [-0.3, -0.25) is 0 Å². The number of hydrogen-bond donors (Lipinski definition) is 0. The first-order chi connectivity index (χ1) is 15.2. The number of nitrogens with zero attached hydrogens (tertiary/aromatic N) is 3. The minimum atomic E-state index is 0.502. The van der Waals surface area contributed by atoms with Crippen LogP contribution in [-0.4, -0.2) is 10.1 Å². The van der Waals surface area contributed by atoms with Gasteiger partial charge in [-0.05, 0) is 35.9 Å². The molecule has 3 aromatic carbocycles. The molecule has 0 saturated heterocycles. The van der Waals surface area contributed by atoms with Crippen molar-refractivity contribution >= 4 is 45.5 Å². The Morgan fingerprint density at radius 1 is 1.00 bits per heavy atom. The van der Waals surface area contributed by atoms with E-state index in [-0.39, 0.29) is 0 Å². The number of benzene rings is 3. The van der Waals surface area contributed by atoms with Gasteiger partial charge < -0.3 is 4.52 Å². The van der Waals surface area contributed by atoms with Gasteiger partial charge in [0.2, 0.25) is 0 Å². The van der Waals surface area contributed by atoms with E-state index in [4.69, 9.17) is 16.1 Å². The molecule has 0 saturated carbocycles. The average molecular weight is 440 g/mol. The Bertz CT molecular complexity index is 1440. The van der Waals surface area contributed by atoms with Crippen molar-refractivity contribution in [3.8, 4) is 28.7 Å². The lowest BCUT2D eigenvalue weighted by Gasteiger charge is -1.99. The number of fused-ring (bicyclic) bond motifs is 1. The monoisotopic (exact) mass is 439 g/mol. The molecule has 0 aliphatic heterocycles. The summed E-state index contributed by atoms with van der Waals surface area (Å²) in [5, 5.41) is 18.1. The number of aromatic nitrogens is 2. The summed E-state index contributed by atoms with van der Waals surface area (Å²) in [6, 6.07) is 25.4. The van der Waals surface area contributed by atoms with Crippen LogP contribution < -0.4 is 0 Å². The van der Waals surface area contributed by atoms with Crippen molar-refractivity contribution < 1.29 is 4.52 Å². The van der Waals surface area contributed by atoms with E-state index in [1.807, 2.05) is 84.3 Å². The van der Waals surface area contributed by atoms with E-state index in [1.165, 1.54) is 11.3 Å². The maximum atomic E-state index is 9.76. The molecule has 2 heterocycles. The minimum Gasteiger partial charge on any atom is -0.355 e. The highest BCUT2D eigenvalue weighted by molar-refractivity contribution is 7.11. The van der Waals surface area contributed by atoms with Crippen LogP contribution in [0.15, 0.2) is 82.7 Å². The van der Waals surface area contributed by atoms with Crippen molar-refractivity contribution in [1.29, 1.82) is 5.26 Å². The standard InChI is InChI=1S/C25H14ClN3OS/c26-20-9-7-17(8-10-20)23-15-31-25(28-23)19(14-27)12-16-6-11-22-21(13-16)24(30-29-22)18-4-2-1-3-5-18/h1-13,15H. The highest BCUT2D eigenvalue weighted by atomic mass is 35.5. The van der Waals surface area contributed by atoms with Gasteiger partial charge in [0.15, 0.2) is 5.76 Å². The molecule has 0 aliphatic carbocycles. The summed E-state index contributed by atoms with van der Waals surface area (Å²) < 4.78 is 5.58. The van der Waals surface area contributed by atoms with E-state index in [1.54, 1.807) is 0 Å². The predicted molar refractivity (Wildman–Crippen MR) is 125 cm³/mol. The van der Waals surface area contributed by atoms with E-state index in [0.29, 0.717) is 21.4 Å². The summed E-state index contributed by atoms with van der Waals surface area (Å²) in [6.07, 6.45) is 1.84. The van der Waals surface area contributed by atoms with Crippen molar-refractivity contribution in [2.24, 2.45) is 0 Å². The van der Waals surface area contributed by atoms with Crippen LogP contribution in [0.1, 0.15) is 10.6 Å². The molecule has 0 bridgehead atoms. The minimum absolute atomic E-state index is 0.502. The van der Waals surface area contributed by atoms with Gasteiger partial charge in [0.25, 0.3) is 0 Å². The molecule has 0 fully saturated rings. The van der Waals surface area contributed by atoms with Gasteiger partial charge in [0.05, 0.1) is 16.7 Å². The molecule has 0 radical (unpaired) electrons. The summed E-state index contributed by atoms with van der Waals surface area (Å²) in [4.78, 5) is 4.65. The molecule has 4 nitrogen and oxygen atoms in total. The van der Waals surface area contributed by atoms with E-state index < -0.39 is 0 Å². The molecule has 148 valence electrons. The van der Waals surface area contributed by atoms with Gasteiger partial charge in [-0.15, -0.1) is 11.3 Å². The Labute approximate surface area is 187 Å². The first-order valence-corrected chi connectivity index (χ1v) is 10.8. The Morgan fingerprint density at radius 2 is 1.81 bits per heavy atom. The summed E-state index contributed by atoms with van der Waals surface area (Å²) >= 11 is 7.41. The molecular weight excluding hydrogens is 426 g/mol. The fourth-order valence-corrected chi connectivity index (χ4v) is 4.23. The topological polar surface area (TPSA) is 62.7 Å². The highest BCUT2D eigenvalue weighted by Crippen LogP contribution is 2.31. The molecule has 6 heteroatoms. The highest BCUT2D eigenvalue weighted by Gasteiger charge is 2.13. The molecule has 31 heavy (non-hydrogen) atoms. The number of nitriles is 1. The van der Waals surface area contributed by atoms with Crippen LogP contribution in [0.4, 0.5) is 0 Å². The predicted octanol–water partition coefficient (Wildman–Crippen LogP) is 7.34. The third-order valence-corrected chi connectivity index (χ3v) is 5.97. The van der Waals surface area contributed by atoms with Gasteiger partial charge in [-0.1, -0.05) is 65.3 Å². The van der Waals surface area contributed by atoms with Gasteiger partial charge in [0.1, 0.15) is 16.6 Å². The first-order valence-electron chi connectivity index (χ1n) is 9.50. The van der Waals surface area contributed by atoms with E-state index in [9.17, 15) is 5.26 Å². The number of rotatable bonds is 4. The molecular formula is C25H14ClN3OS. The molecule has 0 spiro atoms. The normalized spacial score (nSPS) is 11.5. The second-order valence-electron chi connectivity index (χ2n) is 6.87. The lowest BCUT2D eigenvalue weighted by molar-refractivity contribution is 0.441. The van der Waals surface area contributed by atoms with Crippen molar-refractivity contribution in [1.82, 2.24) is 10.1 Å². The van der Waals surface area contributed by atoms with Gasteiger partial charge >= 0.3 is 0 Å². The summed E-state index contributed by atoms with van der Waals surface area (Å²) in [7, 11) is 0. The van der Waals surface area contributed by atoms with E-state index >= 15 is 0 Å². The fraction of sp³-hybridized carbons (Fsp3) is 0. The molecule has 0 unspecified atom stereocenters. The van der Waals surface area contributed by atoms with Crippen LogP contribution in [-0.2, 0) is 0 Å². The Kier molecular flexibility index (Phi) is 5.09. The summed E-state index contributed by atoms with van der Waals surface area (Å²) in [6.45, 7) is 0. The number of thiazole rings is 1. The third kappa shape index (κ3) is 3.87. The van der Waals surface area contributed by atoms with Gasteiger partial charge in [-0.25, -0.2) is 4.98 Å². The van der Waals surface area contributed by atoms with E-state index in [0.717, 1.165) is 33.3 Å². The van der Waals surface area contributed by atoms with Crippen LogP contribution in [0.5, 0.6) is 0 Å². The van der Waals surface area contributed by atoms with Crippen molar-refractivity contribution in [2.75, 3.05) is 0 Å². The number of halogens is 1. The zero-order valence-corrected chi connectivity index (χ0v) is 17.7. The Morgan fingerprint density at radius 3 is 2.58 bits per heavy atom. The lowest BCUT2D eigenvalue weighted by atomic mass is 10.0. The Balaban J connectivity index is 1.52. The van der Waals surface area contributed by atoms with Crippen LogP contribution in [0.2, 0.25) is 5.02 Å². The molecule has 5 aromatic rings. The van der Waals surface area contributed by atoms with Gasteiger partial charge in [0, 0.05) is 21.5 Å². The number of hydrogen-bond acceptors (Lipinski definition) is 5. The van der Waals surface area contributed by atoms with Crippen molar-refractivity contribution in [3.05, 3.63) is 93.8 Å². The second-order valence-corrected chi connectivity index (χ2v) is 8.16. The van der Waals surface area contributed by atoms with Crippen LogP contribution >= 0.6 is 22.9 Å². The quantitative estimate of drug-likeness (QED) is 0.275. The third-order valence-electron chi connectivity index (χ3n) is 4.84. The molecule has 0 N–H and O–H groups in total. The van der Waals surface area contributed by atoms with Crippen LogP contribution in [0, 0.1) is 11.3 Å². The zero-order chi connectivity index (χ0) is 21.2. The Hall–Kier alpha value is -3.72. The van der Waals surface area contributed by atoms with Crippen molar-refractivity contribution in [3.63, 3.8) is 0 Å². The van der Waals surface area contributed by atoms with Crippen LogP contribution in [0.3, 0.4) is 0 Å². The summed E-state index contributed by atoms with van der Waals surface area (Å²) in [5.41, 5.74) is 4.89.